The van der Waals surface area contributed by atoms with Gasteiger partial charge in [-0.25, -0.2) is 0 Å². The number of nitrogens with one attached hydrogen (secondary N) is 1. The number of carbonyl (C=O) groups is 2. The normalized spacial score (nSPS) is 17.3. The molecule has 0 heterocycles. The van der Waals surface area contributed by atoms with Crippen molar-refractivity contribution in [3.05, 3.63) is 64.7 Å². The van der Waals surface area contributed by atoms with Crippen LogP contribution in [0.5, 0.6) is 0 Å². The third-order valence-electron chi connectivity index (χ3n) is 5.93. The van der Waals surface area contributed by atoms with E-state index >= 15 is 0 Å². The molecule has 0 saturated carbocycles. The molecule has 0 aliphatic heterocycles. The average molecular weight is 400 g/mol. The van der Waals surface area contributed by atoms with E-state index < -0.39 is 17.7 Å². The highest BCUT2D eigenvalue weighted by atomic mass is 19.3. The van der Waals surface area contributed by atoms with Crippen molar-refractivity contribution in [2.75, 3.05) is 5.32 Å². The Bertz CT molecular complexity index is 963. The lowest BCUT2D eigenvalue weighted by Gasteiger charge is -2.42. The fourth-order valence-electron chi connectivity index (χ4n) is 3.84. The number of anilines is 1. The summed E-state index contributed by atoms with van der Waals surface area (Å²) in [6.45, 7) is 8.31. The monoisotopic (exact) mass is 400 g/mol. The van der Waals surface area contributed by atoms with Crippen molar-refractivity contribution < 1.29 is 18.4 Å². The van der Waals surface area contributed by atoms with Gasteiger partial charge in [0.2, 0.25) is 5.91 Å². The number of alkyl halides is 2. The smallest absolute Gasteiger partial charge is 0.350 e. The topological polar surface area (TPSA) is 72.2 Å². The maximum Gasteiger partial charge on any atom is 0.350 e. The molecule has 1 aliphatic carbocycles. The highest BCUT2D eigenvalue weighted by Gasteiger charge is 2.44. The van der Waals surface area contributed by atoms with Gasteiger partial charge in [-0.1, -0.05) is 39.8 Å². The minimum absolute atomic E-state index is 0.0941. The van der Waals surface area contributed by atoms with Crippen LogP contribution < -0.4 is 11.1 Å². The van der Waals surface area contributed by atoms with E-state index in [9.17, 15) is 18.4 Å². The Morgan fingerprint density at radius 2 is 1.48 bits per heavy atom. The van der Waals surface area contributed by atoms with Gasteiger partial charge in [0.25, 0.3) is 5.91 Å². The second-order valence-corrected chi connectivity index (χ2v) is 9.00. The van der Waals surface area contributed by atoms with Crippen molar-refractivity contribution in [1.82, 2.24) is 0 Å². The van der Waals surface area contributed by atoms with Crippen LogP contribution in [0.15, 0.2) is 42.5 Å². The molecule has 3 N–H and O–H groups in total. The van der Waals surface area contributed by atoms with Gasteiger partial charge in [-0.2, -0.15) is 8.78 Å². The quantitative estimate of drug-likeness (QED) is 0.769. The van der Waals surface area contributed by atoms with E-state index in [1.54, 1.807) is 6.07 Å². The van der Waals surface area contributed by atoms with E-state index in [2.05, 4.69) is 19.2 Å². The predicted octanol–water partition coefficient (Wildman–Crippen LogP) is 4.87. The van der Waals surface area contributed by atoms with Crippen LogP contribution in [-0.2, 0) is 21.5 Å². The summed E-state index contributed by atoms with van der Waals surface area (Å²) in [4.78, 5) is 23.5. The van der Waals surface area contributed by atoms with E-state index in [1.807, 2.05) is 13.8 Å². The van der Waals surface area contributed by atoms with Gasteiger partial charge in [-0.3, -0.25) is 9.59 Å². The fourth-order valence-corrected chi connectivity index (χ4v) is 3.84. The summed E-state index contributed by atoms with van der Waals surface area (Å²) in [5.74, 6) is -5.75. The molecule has 2 aromatic carbocycles. The van der Waals surface area contributed by atoms with Crippen LogP contribution in [0, 0.1) is 0 Å². The number of amides is 2. The molecule has 3 rings (SSSR count). The molecule has 2 aromatic rings. The SMILES string of the molecule is CC1(C)CCC(C)(C)c2cc(C(F)(F)C(=O)Nc3ccc(C(N)=O)cc3)ccc21. The van der Waals surface area contributed by atoms with Gasteiger partial charge in [0, 0.05) is 16.8 Å². The van der Waals surface area contributed by atoms with Crippen LogP contribution in [0.25, 0.3) is 0 Å². The summed E-state index contributed by atoms with van der Waals surface area (Å²) in [5.41, 5.74) is 6.82. The molecule has 0 saturated heterocycles. The maximum absolute atomic E-state index is 15.0. The highest BCUT2D eigenvalue weighted by Crippen LogP contribution is 2.47. The van der Waals surface area contributed by atoms with Crippen molar-refractivity contribution in [1.29, 1.82) is 0 Å². The second-order valence-electron chi connectivity index (χ2n) is 9.00. The van der Waals surface area contributed by atoms with Gasteiger partial charge in [0.05, 0.1) is 0 Å². The lowest BCUT2D eigenvalue weighted by molar-refractivity contribution is -0.140. The molecule has 0 fully saturated rings. The van der Waals surface area contributed by atoms with Crippen LogP contribution in [0.2, 0.25) is 0 Å². The molecular formula is C23H26F2N2O2. The Morgan fingerprint density at radius 3 is 2.03 bits per heavy atom. The molecule has 4 nitrogen and oxygen atoms in total. The molecule has 2 amide bonds. The first-order valence-corrected chi connectivity index (χ1v) is 9.59. The highest BCUT2D eigenvalue weighted by molar-refractivity contribution is 5.98. The zero-order valence-electron chi connectivity index (χ0n) is 17.1. The molecule has 0 spiro atoms. The third kappa shape index (κ3) is 3.88. The first kappa shape index (κ1) is 21.0. The molecule has 0 aromatic heterocycles. The van der Waals surface area contributed by atoms with Crippen molar-refractivity contribution >= 4 is 17.5 Å². The van der Waals surface area contributed by atoms with E-state index in [0.717, 1.165) is 24.0 Å². The lowest BCUT2D eigenvalue weighted by Crippen LogP contribution is -2.36. The molecule has 1 aliphatic rings. The van der Waals surface area contributed by atoms with Gasteiger partial charge >= 0.3 is 5.92 Å². The second kappa shape index (κ2) is 6.94. The van der Waals surface area contributed by atoms with Gasteiger partial charge in [-0.05, 0) is 65.1 Å². The van der Waals surface area contributed by atoms with Crippen molar-refractivity contribution in [2.24, 2.45) is 5.73 Å². The minimum atomic E-state index is -3.70. The van der Waals surface area contributed by atoms with Gasteiger partial charge in [0.1, 0.15) is 0 Å². The van der Waals surface area contributed by atoms with Gasteiger partial charge in [-0.15, -0.1) is 0 Å². The molecular weight excluding hydrogens is 374 g/mol. The van der Waals surface area contributed by atoms with Gasteiger partial charge in [0.15, 0.2) is 0 Å². The molecule has 0 bridgehead atoms. The fraction of sp³-hybridized carbons (Fsp3) is 0.391. The van der Waals surface area contributed by atoms with Gasteiger partial charge < -0.3 is 11.1 Å². The Kier molecular flexibility index (Phi) is 5.01. The number of nitrogens with two attached hydrogens (primary N) is 1. The number of primary amides is 1. The maximum atomic E-state index is 15.0. The Labute approximate surface area is 169 Å². The van der Waals surface area contributed by atoms with E-state index in [0.29, 0.717) is 0 Å². The van der Waals surface area contributed by atoms with E-state index in [-0.39, 0.29) is 27.6 Å². The third-order valence-corrected chi connectivity index (χ3v) is 5.93. The summed E-state index contributed by atoms with van der Waals surface area (Å²) in [7, 11) is 0. The predicted molar refractivity (Wildman–Crippen MR) is 109 cm³/mol. The summed E-state index contributed by atoms with van der Waals surface area (Å²) >= 11 is 0. The molecule has 29 heavy (non-hydrogen) atoms. The number of fused-ring (bicyclic) bond motifs is 1. The van der Waals surface area contributed by atoms with Crippen molar-refractivity contribution in [2.45, 2.75) is 57.3 Å². The zero-order valence-corrected chi connectivity index (χ0v) is 17.1. The van der Waals surface area contributed by atoms with Crippen molar-refractivity contribution in [3.63, 3.8) is 0 Å². The van der Waals surface area contributed by atoms with Crippen molar-refractivity contribution in [3.8, 4) is 0 Å². The van der Waals surface area contributed by atoms with Crippen LogP contribution in [-0.4, -0.2) is 11.8 Å². The first-order chi connectivity index (χ1) is 13.3. The summed E-state index contributed by atoms with van der Waals surface area (Å²) in [5, 5.41) is 2.22. The lowest BCUT2D eigenvalue weighted by atomic mass is 9.63. The van der Waals surface area contributed by atoms with Crippen LogP contribution >= 0.6 is 0 Å². The molecule has 0 radical (unpaired) electrons. The number of benzene rings is 2. The number of halogens is 2. The Morgan fingerprint density at radius 1 is 0.931 bits per heavy atom. The minimum Gasteiger partial charge on any atom is -0.366 e. The van der Waals surface area contributed by atoms with E-state index in [4.69, 9.17) is 5.73 Å². The molecule has 6 heteroatoms. The largest absolute Gasteiger partial charge is 0.366 e. The Hall–Kier alpha value is -2.76. The standard InChI is InChI=1S/C23H26F2N2O2/c1-21(2)11-12-22(3,4)18-13-15(7-10-17(18)21)23(24,25)20(29)27-16-8-5-14(6-9-16)19(26)28/h5-10,13H,11-12H2,1-4H3,(H2,26,28)(H,27,29). The van der Waals surface area contributed by atoms with Crippen LogP contribution in [0.4, 0.5) is 14.5 Å². The van der Waals surface area contributed by atoms with Crippen LogP contribution in [0.3, 0.4) is 0 Å². The average Bonchev–Trinajstić information content (AvgIpc) is 2.65. The number of rotatable bonds is 4. The first-order valence-electron chi connectivity index (χ1n) is 9.59. The number of hydrogen-bond donors (Lipinski definition) is 2. The number of carbonyl (C=O) groups excluding carboxylic acids is 2. The van der Waals surface area contributed by atoms with Crippen LogP contribution in [0.1, 0.15) is 67.6 Å². The summed E-state index contributed by atoms with van der Waals surface area (Å²) in [6, 6.07) is 10.0. The zero-order chi connectivity index (χ0) is 21.6. The summed E-state index contributed by atoms with van der Waals surface area (Å²) in [6.07, 6.45) is 1.87. The molecule has 0 atom stereocenters. The molecule has 0 unspecified atom stereocenters. The van der Waals surface area contributed by atoms with E-state index in [1.165, 1.54) is 36.4 Å². The summed E-state index contributed by atoms with van der Waals surface area (Å²) < 4.78 is 29.9. The number of hydrogen-bond acceptors (Lipinski definition) is 2. The molecule has 154 valence electrons. The Balaban J connectivity index is 1.91.